The first-order valence-corrected chi connectivity index (χ1v) is 13.3. The van der Waals surface area contributed by atoms with Crippen molar-refractivity contribution in [3.63, 3.8) is 0 Å². The third-order valence-electron chi connectivity index (χ3n) is 6.08. The molecule has 1 aromatic carbocycles. The van der Waals surface area contributed by atoms with Crippen LogP contribution in [0, 0.1) is 0 Å². The van der Waals surface area contributed by atoms with E-state index in [2.05, 4.69) is 57.5 Å². The maximum absolute atomic E-state index is 13.1. The molecule has 1 aliphatic rings. The Labute approximate surface area is 199 Å². The second kappa shape index (κ2) is 10.7. The van der Waals surface area contributed by atoms with Crippen LogP contribution in [0.3, 0.4) is 0 Å². The van der Waals surface area contributed by atoms with Gasteiger partial charge < -0.3 is 9.88 Å². The summed E-state index contributed by atoms with van der Waals surface area (Å²) in [5, 5.41) is 15.0. The van der Waals surface area contributed by atoms with Crippen molar-refractivity contribution in [2.45, 2.75) is 81.7 Å². The summed E-state index contributed by atoms with van der Waals surface area (Å²) in [6.45, 7) is 6.24. The molecule has 1 fully saturated rings. The average Bonchev–Trinajstić information content (AvgIpc) is 3.45. The maximum Gasteiger partial charge on any atom is 0.237 e. The van der Waals surface area contributed by atoms with Gasteiger partial charge in [-0.2, -0.15) is 0 Å². The summed E-state index contributed by atoms with van der Waals surface area (Å²) >= 11 is 3.27. The topological polar surface area (TPSA) is 59.8 Å². The number of amides is 1. The molecule has 1 saturated carbocycles. The number of thiophene rings is 1. The Morgan fingerprint density at radius 2 is 1.91 bits per heavy atom. The lowest BCUT2D eigenvalue weighted by molar-refractivity contribution is -0.115. The smallest absolute Gasteiger partial charge is 0.237 e. The molecule has 1 amide bonds. The number of aromatic nitrogens is 3. The summed E-state index contributed by atoms with van der Waals surface area (Å²) in [5.74, 6) is 1.37. The van der Waals surface area contributed by atoms with Gasteiger partial charge in [0.1, 0.15) is 5.82 Å². The molecule has 0 spiro atoms. The minimum absolute atomic E-state index is 0.00102. The second-order valence-corrected chi connectivity index (χ2v) is 11.1. The number of carbonyl (C=O) groups is 1. The van der Waals surface area contributed by atoms with Crippen LogP contribution >= 0.6 is 23.1 Å². The van der Waals surface area contributed by atoms with Gasteiger partial charge in [-0.05, 0) is 48.8 Å². The Balaban J connectivity index is 1.52. The van der Waals surface area contributed by atoms with Crippen LogP contribution < -0.4 is 5.32 Å². The molecule has 1 N–H and O–H groups in total. The van der Waals surface area contributed by atoms with Crippen molar-refractivity contribution in [3.8, 4) is 0 Å². The first kappa shape index (κ1) is 23.1. The van der Waals surface area contributed by atoms with Gasteiger partial charge in [-0.1, -0.05) is 69.1 Å². The minimum atomic E-state index is -0.267. The highest BCUT2D eigenvalue weighted by atomic mass is 32.2. The third-order valence-corrected chi connectivity index (χ3v) is 8.01. The van der Waals surface area contributed by atoms with Crippen LogP contribution in [0.1, 0.15) is 81.1 Å². The molecule has 1 atom stereocenters. The van der Waals surface area contributed by atoms with Gasteiger partial charge in [0.25, 0.3) is 0 Å². The van der Waals surface area contributed by atoms with Gasteiger partial charge in [0, 0.05) is 23.0 Å². The number of hydrogen-bond acceptors (Lipinski definition) is 5. The number of thioether (sulfide) groups is 1. The summed E-state index contributed by atoms with van der Waals surface area (Å²) < 4.78 is 2.33. The van der Waals surface area contributed by atoms with Crippen LogP contribution in [0.2, 0.25) is 0 Å². The zero-order valence-corrected chi connectivity index (χ0v) is 20.7. The predicted octanol–water partition coefficient (Wildman–Crippen LogP) is 6.68. The molecule has 0 radical (unpaired) electrons. The lowest BCUT2D eigenvalue weighted by Gasteiger charge is -2.26. The summed E-state index contributed by atoms with van der Waals surface area (Å²) in [7, 11) is 0. The van der Waals surface area contributed by atoms with Crippen LogP contribution in [0.25, 0.3) is 0 Å². The van der Waals surface area contributed by atoms with Gasteiger partial charge in [-0.3, -0.25) is 4.79 Å². The molecule has 1 unspecified atom stereocenters. The lowest BCUT2D eigenvalue weighted by Crippen LogP contribution is -2.24. The van der Waals surface area contributed by atoms with Crippen molar-refractivity contribution >= 4 is 34.7 Å². The Bertz CT molecular complexity index is 1020. The van der Waals surface area contributed by atoms with E-state index in [9.17, 15) is 4.79 Å². The van der Waals surface area contributed by atoms with E-state index in [-0.39, 0.29) is 11.2 Å². The quantitative estimate of drug-likeness (QED) is 0.375. The van der Waals surface area contributed by atoms with Crippen LogP contribution in [0.4, 0.5) is 5.69 Å². The molecule has 4 rings (SSSR count). The Kier molecular flexibility index (Phi) is 7.68. The first-order chi connectivity index (χ1) is 15.5. The Morgan fingerprint density at radius 1 is 1.12 bits per heavy atom. The molecule has 0 aliphatic heterocycles. The molecule has 1 aliphatic carbocycles. The van der Waals surface area contributed by atoms with Crippen molar-refractivity contribution in [1.82, 2.24) is 14.8 Å². The van der Waals surface area contributed by atoms with Crippen LogP contribution in [0.15, 0.2) is 46.9 Å². The molecule has 2 aromatic heterocycles. The molecular weight excluding hydrogens is 436 g/mol. The number of carbonyl (C=O) groups excluding carboxylic acids is 1. The fourth-order valence-corrected chi connectivity index (χ4v) is 5.98. The molecule has 3 aromatic rings. The van der Waals surface area contributed by atoms with Crippen molar-refractivity contribution in [3.05, 3.63) is 58.0 Å². The van der Waals surface area contributed by atoms with Gasteiger partial charge in [-0.25, -0.2) is 0 Å². The number of para-hydroxylation sites is 1. The number of nitrogens with one attached hydrogen (secondary N) is 1. The van der Waals surface area contributed by atoms with E-state index < -0.39 is 0 Å². The molecule has 5 nitrogen and oxygen atoms in total. The number of nitrogens with zero attached hydrogens (tertiary/aromatic N) is 3. The molecule has 170 valence electrons. The van der Waals surface area contributed by atoms with E-state index in [1.165, 1.54) is 35.9 Å². The molecule has 2 heterocycles. The average molecular weight is 469 g/mol. The van der Waals surface area contributed by atoms with Gasteiger partial charge in [0.2, 0.25) is 5.91 Å². The fourth-order valence-electron chi connectivity index (χ4n) is 4.34. The summed E-state index contributed by atoms with van der Waals surface area (Å²) in [5.41, 5.74) is 2.05. The van der Waals surface area contributed by atoms with Gasteiger partial charge in [0.15, 0.2) is 5.16 Å². The van der Waals surface area contributed by atoms with Gasteiger partial charge in [0.05, 0.1) is 5.25 Å². The van der Waals surface area contributed by atoms with Crippen LogP contribution in [-0.2, 0) is 11.2 Å². The standard InChI is InChI=1S/C25H32N4OS2/c1-17(2)21-13-7-8-14-22(21)26-24(30)18(3)32-25-28-27-23(16-20-12-9-15-31-20)29(25)19-10-5-4-6-11-19/h7-9,12-15,17-19H,4-6,10-11,16H2,1-3H3,(H,26,30). The highest BCUT2D eigenvalue weighted by molar-refractivity contribution is 8.00. The van der Waals surface area contributed by atoms with E-state index in [0.717, 1.165) is 41.5 Å². The highest BCUT2D eigenvalue weighted by Gasteiger charge is 2.26. The monoisotopic (exact) mass is 468 g/mol. The number of rotatable bonds is 8. The SMILES string of the molecule is CC(Sc1nnc(Cc2cccs2)n1C1CCCCC1)C(=O)Nc1ccccc1C(C)C. The van der Waals surface area contributed by atoms with Gasteiger partial charge in [-0.15, -0.1) is 21.5 Å². The summed E-state index contributed by atoms with van der Waals surface area (Å²) in [6, 6.07) is 12.7. The number of anilines is 1. The number of benzene rings is 1. The first-order valence-electron chi connectivity index (χ1n) is 11.6. The molecular formula is C25H32N4OS2. The maximum atomic E-state index is 13.1. The third kappa shape index (κ3) is 5.44. The zero-order valence-electron chi connectivity index (χ0n) is 19.1. The lowest BCUT2D eigenvalue weighted by atomic mass is 9.95. The largest absolute Gasteiger partial charge is 0.325 e. The van der Waals surface area contributed by atoms with E-state index in [1.54, 1.807) is 11.3 Å². The van der Waals surface area contributed by atoms with Gasteiger partial charge >= 0.3 is 0 Å². The highest BCUT2D eigenvalue weighted by Crippen LogP contribution is 2.35. The normalized spacial score (nSPS) is 15.8. The van der Waals surface area contributed by atoms with Crippen molar-refractivity contribution in [1.29, 1.82) is 0 Å². The summed E-state index contributed by atoms with van der Waals surface area (Å²) in [4.78, 5) is 14.3. The van der Waals surface area contributed by atoms with Crippen LogP contribution in [-0.4, -0.2) is 25.9 Å². The van der Waals surface area contributed by atoms with E-state index in [1.807, 2.05) is 25.1 Å². The molecule has 0 saturated heterocycles. The van der Waals surface area contributed by atoms with Crippen molar-refractivity contribution < 1.29 is 4.79 Å². The fraction of sp³-hybridized carbons (Fsp3) is 0.480. The Hall–Kier alpha value is -2.12. The number of hydrogen-bond donors (Lipinski definition) is 1. The van der Waals surface area contributed by atoms with E-state index in [0.29, 0.717) is 12.0 Å². The van der Waals surface area contributed by atoms with Crippen LogP contribution in [0.5, 0.6) is 0 Å². The molecule has 7 heteroatoms. The van der Waals surface area contributed by atoms with Crippen molar-refractivity contribution in [2.75, 3.05) is 5.32 Å². The molecule has 0 bridgehead atoms. The predicted molar refractivity (Wildman–Crippen MR) is 134 cm³/mol. The minimum Gasteiger partial charge on any atom is -0.325 e. The zero-order chi connectivity index (χ0) is 22.5. The van der Waals surface area contributed by atoms with E-state index >= 15 is 0 Å². The van der Waals surface area contributed by atoms with Crippen molar-refractivity contribution in [2.24, 2.45) is 0 Å². The summed E-state index contributed by atoms with van der Waals surface area (Å²) in [6.07, 6.45) is 6.90. The van der Waals surface area contributed by atoms with E-state index in [4.69, 9.17) is 0 Å². The molecule has 32 heavy (non-hydrogen) atoms. The Morgan fingerprint density at radius 3 is 2.62 bits per heavy atom. The second-order valence-electron chi connectivity index (χ2n) is 8.81.